The van der Waals surface area contributed by atoms with Crippen molar-refractivity contribution >= 4 is 0 Å². The second kappa shape index (κ2) is 6.51. The van der Waals surface area contributed by atoms with Gasteiger partial charge >= 0.3 is 0 Å². The fourth-order valence-electron chi connectivity index (χ4n) is 1.77. The lowest BCUT2D eigenvalue weighted by Crippen LogP contribution is -2.23. The van der Waals surface area contributed by atoms with E-state index >= 15 is 0 Å². The monoisotopic (exact) mass is 222 g/mol. The first kappa shape index (κ1) is 13.0. The molecule has 0 bridgehead atoms. The minimum atomic E-state index is 0.432. The Labute approximate surface area is 97.8 Å². The first-order valence-corrected chi connectivity index (χ1v) is 5.75. The second-order valence-electron chi connectivity index (χ2n) is 4.17. The Kier molecular flexibility index (Phi) is 5.29. The van der Waals surface area contributed by atoms with Crippen molar-refractivity contribution < 1.29 is 4.74 Å². The predicted octanol–water partition coefficient (Wildman–Crippen LogP) is 1.47. The van der Waals surface area contributed by atoms with Gasteiger partial charge in [0.25, 0.3) is 0 Å². The Bertz CT molecular complexity index is 322. The average molecular weight is 222 g/mol. The van der Waals surface area contributed by atoms with Crippen molar-refractivity contribution in [1.82, 2.24) is 0 Å². The summed E-state index contributed by atoms with van der Waals surface area (Å²) in [6.07, 6.45) is 2.09. The third-order valence-electron chi connectivity index (χ3n) is 3.04. The summed E-state index contributed by atoms with van der Waals surface area (Å²) < 4.78 is 5.18. The van der Waals surface area contributed by atoms with Crippen molar-refractivity contribution in [2.75, 3.05) is 20.2 Å². The average Bonchev–Trinajstić information content (AvgIpc) is 2.32. The van der Waals surface area contributed by atoms with Gasteiger partial charge in [-0.2, -0.15) is 0 Å². The Hall–Kier alpha value is -1.06. The Morgan fingerprint density at radius 2 is 1.94 bits per heavy atom. The summed E-state index contributed by atoms with van der Waals surface area (Å²) in [4.78, 5) is 0. The minimum Gasteiger partial charge on any atom is -0.497 e. The van der Waals surface area contributed by atoms with E-state index in [0.29, 0.717) is 19.0 Å². The molecule has 0 saturated carbocycles. The van der Waals surface area contributed by atoms with Crippen LogP contribution in [-0.4, -0.2) is 20.2 Å². The SMILES string of the molecule is COc1ccc(CCC(CN)CN)c(C)c1. The van der Waals surface area contributed by atoms with E-state index in [-0.39, 0.29) is 0 Å². The molecule has 0 atom stereocenters. The summed E-state index contributed by atoms with van der Waals surface area (Å²) in [5, 5.41) is 0. The van der Waals surface area contributed by atoms with Crippen molar-refractivity contribution in [2.45, 2.75) is 19.8 Å². The Morgan fingerprint density at radius 3 is 2.44 bits per heavy atom. The summed E-state index contributed by atoms with van der Waals surface area (Å²) in [6.45, 7) is 3.45. The van der Waals surface area contributed by atoms with Crippen molar-refractivity contribution in [2.24, 2.45) is 17.4 Å². The molecule has 0 fully saturated rings. The molecule has 0 saturated heterocycles. The number of methoxy groups -OCH3 is 1. The van der Waals surface area contributed by atoms with E-state index in [0.717, 1.165) is 18.6 Å². The molecule has 0 radical (unpaired) electrons. The number of hydrogen-bond donors (Lipinski definition) is 2. The van der Waals surface area contributed by atoms with E-state index in [1.165, 1.54) is 11.1 Å². The summed E-state index contributed by atoms with van der Waals surface area (Å²) >= 11 is 0. The lowest BCUT2D eigenvalue weighted by atomic mass is 9.97. The number of aryl methyl sites for hydroxylation is 2. The number of nitrogens with two attached hydrogens (primary N) is 2. The normalized spacial score (nSPS) is 10.8. The maximum absolute atomic E-state index is 5.63. The molecule has 90 valence electrons. The molecule has 0 aliphatic carbocycles. The van der Waals surface area contributed by atoms with Crippen LogP contribution in [0.2, 0.25) is 0 Å². The van der Waals surface area contributed by atoms with E-state index < -0.39 is 0 Å². The van der Waals surface area contributed by atoms with Crippen LogP contribution in [0.15, 0.2) is 18.2 Å². The summed E-state index contributed by atoms with van der Waals surface area (Å²) in [5.74, 6) is 1.34. The van der Waals surface area contributed by atoms with Crippen LogP contribution in [0, 0.1) is 12.8 Å². The fourth-order valence-corrected chi connectivity index (χ4v) is 1.77. The highest BCUT2D eigenvalue weighted by atomic mass is 16.5. The van der Waals surface area contributed by atoms with Gasteiger partial charge < -0.3 is 16.2 Å². The Morgan fingerprint density at radius 1 is 1.25 bits per heavy atom. The largest absolute Gasteiger partial charge is 0.497 e. The molecular weight excluding hydrogens is 200 g/mol. The van der Waals surface area contributed by atoms with E-state index in [1.54, 1.807) is 7.11 Å². The van der Waals surface area contributed by atoms with Crippen molar-refractivity contribution in [3.05, 3.63) is 29.3 Å². The van der Waals surface area contributed by atoms with Crippen LogP contribution < -0.4 is 16.2 Å². The Balaban J connectivity index is 2.60. The molecule has 0 unspecified atom stereocenters. The number of benzene rings is 1. The van der Waals surface area contributed by atoms with E-state index in [2.05, 4.69) is 19.1 Å². The zero-order valence-electron chi connectivity index (χ0n) is 10.2. The van der Waals surface area contributed by atoms with Crippen LogP contribution in [0.5, 0.6) is 5.75 Å². The van der Waals surface area contributed by atoms with Crippen molar-refractivity contribution in [3.63, 3.8) is 0 Å². The molecule has 1 rings (SSSR count). The highest BCUT2D eigenvalue weighted by molar-refractivity contribution is 5.34. The van der Waals surface area contributed by atoms with Crippen LogP contribution in [0.25, 0.3) is 0 Å². The second-order valence-corrected chi connectivity index (χ2v) is 4.17. The van der Waals surface area contributed by atoms with E-state index in [4.69, 9.17) is 16.2 Å². The van der Waals surface area contributed by atoms with Crippen molar-refractivity contribution in [3.8, 4) is 5.75 Å². The van der Waals surface area contributed by atoms with Crippen LogP contribution in [0.4, 0.5) is 0 Å². The zero-order chi connectivity index (χ0) is 12.0. The van der Waals surface area contributed by atoms with Gasteiger partial charge in [0.05, 0.1) is 7.11 Å². The molecule has 1 aromatic rings. The third kappa shape index (κ3) is 3.51. The van der Waals surface area contributed by atoms with Crippen LogP contribution in [0.3, 0.4) is 0 Å². The van der Waals surface area contributed by atoms with E-state index in [1.807, 2.05) is 6.07 Å². The predicted molar refractivity (Wildman–Crippen MR) is 67.7 cm³/mol. The van der Waals surface area contributed by atoms with E-state index in [9.17, 15) is 0 Å². The third-order valence-corrected chi connectivity index (χ3v) is 3.04. The molecule has 4 N–H and O–H groups in total. The van der Waals surface area contributed by atoms with Crippen molar-refractivity contribution in [1.29, 1.82) is 0 Å². The summed E-state index contributed by atoms with van der Waals surface area (Å²) in [6, 6.07) is 6.19. The molecule has 0 spiro atoms. The van der Waals surface area contributed by atoms with Gasteiger partial charge in [-0.3, -0.25) is 0 Å². The molecule has 3 nitrogen and oxygen atoms in total. The molecule has 0 heterocycles. The molecular formula is C13H22N2O. The van der Waals surface area contributed by atoms with Crippen LogP contribution in [0.1, 0.15) is 17.5 Å². The lowest BCUT2D eigenvalue weighted by Gasteiger charge is -2.13. The number of ether oxygens (including phenoxy) is 1. The highest BCUT2D eigenvalue weighted by Crippen LogP contribution is 2.19. The first-order chi connectivity index (χ1) is 7.71. The maximum atomic E-state index is 5.63. The fraction of sp³-hybridized carbons (Fsp3) is 0.538. The molecule has 1 aromatic carbocycles. The summed E-state index contributed by atoms with van der Waals surface area (Å²) in [7, 11) is 1.69. The zero-order valence-corrected chi connectivity index (χ0v) is 10.2. The van der Waals surface area contributed by atoms with Gasteiger partial charge in [-0.15, -0.1) is 0 Å². The van der Waals surface area contributed by atoms with Gasteiger partial charge in [0, 0.05) is 0 Å². The van der Waals surface area contributed by atoms with Gasteiger partial charge in [-0.1, -0.05) is 6.07 Å². The van der Waals surface area contributed by atoms with Gasteiger partial charge in [0.2, 0.25) is 0 Å². The smallest absolute Gasteiger partial charge is 0.119 e. The maximum Gasteiger partial charge on any atom is 0.119 e. The van der Waals surface area contributed by atoms with Gasteiger partial charge in [-0.05, 0) is 62.0 Å². The first-order valence-electron chi connectivity index (χ1n) is 5.75. The molecule has 16 heavy (non-hydrogen) atoms. The molecule has 0 aliphatic rings. The van der Waals surface area contributed by atoms with Crippen LogP contribution >= 0.6 is 0 Å². The van der Waals surface area contributed by atoms with Crippen LogP contribution in [-0.2, 0) is 6.42 Å². The molecule has 0 amide bonds. The number of hydrogen-bond acceptors (Lipinski definition) is 3. The van der Waals surface area contributed by atoms with Gasteiger partial charge in [0.15, 0.2) is 0 Å². The topological polar surface area (TPSA) is 61.3 Å². The molecule has 3 heteroatoms. The lowest BCUT2D eigenvalue weighted by molar-refractivity contribution is 0.414. The highest BCUT2D eigenvalue weighted by Gasteiger charge is 2.06. The molecule has 0 aromatic heterocycles. The molecule has 0 aliphatic heterocycles. The number of rotatable bonds is 6. The van der Waals surface area contributed by atoms with Gasteiger partial charge in [0.1, 0.15) is 5.75 Å². The quantitative estimate of drug-likeness (QED) is 0.766. The minimum absolute atomic E-state index is 0.432. The summed E-state index contributed by atoms with van der Waals surface area (Å²) in [5.41, 5.74) is 13.9. The standard InChI is InChI=1S/C13H22N2O/c1-10-7-13(16-2)6-5-12(10)4-3-11(8-14)9-15/h5-7,11H,3-4,8-9,14-15H2,1-2H3. The van der Waals surface area contributed by atoms with Gasteiger partial charge in [-0.25, -0.2) is 0 Å².